The lowest BCUT2D eigenvalue weighted by molar-refractivity contribution is 0.601. The van der Waals surface area contributed by atoms with Gasteiger partial charge in [0.05, 0.1) is 0 Å². The van der Waals surface area contributed by atoms with Crippen LogP contribution in [0.1, 0.15) is 5.56 Å². The first-order valence-electron chi connectivity index (χ1n) is 5.39. The van der Waals surface area contributed by atoms with Crippen LogP contribution < -0.4 is 5.32 Å². The number of rotatable bonds is 3. The lowest BCUT2D eigenvalue weighted by Gasteiger charge is -2.07. The highest BCUT2D eigenvalue weighted by Gasteiger charge is 2.04. The van der Waals surface area contributed by atoms with Gasteiger partial charge in [-0.2, -0.15) is 0 Å². The van der Waals surface area contributed by atoms with E-state index in [0.717, 1.165) is 11.1 Å². The van der Waals surface area contributed by atoms with Crippen LogP contribution in [0.4, 0.5) is 4.39 Å². The first-order valence-corrected chi connectivity index (χ1v) is 5.77. The van der Waals surface area contributed by atoms with Crippen molar-refractivity contribution in [1.29, 1.82) is 0 Å². The maximum absolute atomic E-state index is 13.5. The second kappa shape index (κ2) is 5.30. The van der Waals surface area contributed by atoms with Crippen LogP contribution >= 0.6 is 11.6 Å². The summed E-state index contributed by atoms with van der Waals surface area (Å²) in [6.45, 7) is 0.514. The van der Waals surface area contributed by atoms with E-state index in [4.69, 9.17) is 11.6 Å². The van der Waals surface area contributed by atoms with E-state index in [1.165, 1.54) is 6.07 Å². The Kier molecular flexibility index (Phi) is 3.77. The topological polar surface area (TPSA) is 12.0 Å². The minimum Gasteiger partial charge on any atom is -0.316 e. The zero-order chi connectivity index (χ0) is 12.3. The quantitative estimate of drug-likeness (QED) is 0.871. The largest absolute Gasteiger partial charge is 0.316 e. The fraction of sp³-hybridized carbons (Fsp3) is 0.143. The molecule has 88 valence electrons. The van der Waals surface area contributed by atoms with Gasteiger partial charge < -0.3 is 5.32 Å². The van der Waals surface area contributed by atoms with Gasteiger partial charge in [-0.25, -0.2) is 4.39 Å². The van der Waals surface area contributed by atoms with E-state index in [2.05, 4.69) is 5.32 Å². The number of hydrogen-bond acceptors (Lipinski definition) is 1. The fourth-order valence-electron chi connectivity index (χ4n) is 1.75. The van der Waals surface area contributed by atoms with Crippen molar-refractivity contribution in [2.75, 3.05) is 7.05 Å². The number of hydrogen-bond donors (Lipinski definition) is 1. The highest BCUT2D eigenvalue weighted by Crippen LogP contribution is 2.24. The Hall–Kier alpha value is -1.38. The van der Waals surface area contributed by atoms with E-state index in [0.29, 0.717) is 17.1 Å². The van der Waals surface area contributed by atoms with Gasteiger partial charge in [-0.05, 0) is 42.4 Å². The Morgan fingerprint density at radius 1 is 1.12 bits per heavy atom. The van der Waals surface area contributed by atoms with Crippen LogP contribution in [0.3, 0.4) is 0 Å². The average molecular weight is 250 g/mol. The second-order valence-electron chi connectivity index (χ2n) is 3.85. The molecular weight excluding hydrogens is 237 g/mol. The molecule has 1 N–H and O–H groups in total. The molecule has 3 heteroatoms. The van der Waals surface area contributed by atoms with E-state index in [1.54, 1.807) is 13.1 Å². The highest BCUT2D eigenvalue weighted by atomic mass is 35.5. The van der Waals surface area contributed by atoms with Gasteiger partial charge in [0.25, 0.3) is 0 Å². The van der Waals surface area contributed by atoms with Gasteiger partial charge in [-0.1, -0.05) is 29.8 Å². The minimum atomic E-state index is -0.190. The summed E-state index contributed by atoms with van der Waals surface area (Å²) in [7, 11) is 1.80. The smallest absolute Gasteiger partial charge is 0.127 e. The molecule has 2 aromatic carbocycles. The van der Waals surface area contributed by atoms with Crippen molar-refractivity contribution in [3.63, 3.8) is 0 Å². The fourth-order valence-corrected chi connectivity index (χ4v) is 1.94. The number of halogens is 2. The van der Waals surface area contributed by atoms with Gasteiger partial charge in [0.15, 0.2) is 0 Å². The Morgan fingerprint density at radius 3 is 2.59 bits per heavy atom. The van der Waals surface area contributed by atoms with Gasteiger partial charge in [0.1, 0.15) is 5.82 Å². The van der Waals surface area contributed by atoms with Crippen molar-refractivity contribution in [3.05, 3.63) is 58.9 Å². The summed E-state index contributed by atoms with van der Waals surface area (Å²) in [5.74, 6) is -0.190. The maximum Gasteiger partial charge on any atom is 0.127 e. The van der Waals surface area contributed by atoms with Crippen LogP contribution in [-0.4, -0.2) is 7.05 Å². The van der Waals surface area contributed by atoms with E-state index >= 15 is 0 Å². The predicted molar refractivity (Wildman–Crippen MR) is 69.6 cm³/mol. The van der Waals surface area contributed by atoms with E-state index in [-0.39, 0.29) is 5.82 Å². The summed E-state index contributed by atoms with van der Waals surface area (Å²) in [6.07, 6.45) is 0. The molecule has 1 nitrogen and oxygen atoms in total. The molecule has 2 aromatic rings. The summed E-state index contributed by atoms with van der Waals surface area (Å²) < 4.78 is 13.5. The van der Waals surface area contributed by atoms with Crippen LogP contribution in [0, 0.1) is 5.82 Å². The maximum atomic E-state index is 13.5. The van der Waals surface area contributed by atoms with Crippen LogP contribution in [-0.2, 0) is 6.54 Å². The zero-order valence-corrected chi connectivity index (χ0v) is 10.3. The van der Waals surface area contributed by atoms with Crippen molar-refractivity contribution in [3.8, 4) is 11.1 Å². The SMILES string of the molecule is CNCc1cc(-c2cccc(Cl)c2)ccc1F. The van der Waals surface area contributed by atoms with Crippen molar-refractivity contribution in [2.24, 2.45) is 0 Å². The van der Waals surface area contributed by atoms with E-state index < -0.39 is 0 Å². The molecule has 0 atom stereocenters. The summed E-state index contributed by atoms with van der Waals surface area (Å²) >= 11 is 5.94. The summed E-state index contributed by atoms with van der Waals surface area (Å²) in [4.78, 5) is 0. The van der Waals surface area contributed by atoms with E-state index in [9.17, 15) is 4.39 Å². The Bertz CT molecular complexity index is 525. The first-order chi connectivity index (χ1) is 8.20. The molecule has 0 aromatic heterocycles. The third-order valence-corrected chi connectivity index (χ3v) is 2.81. The predicted octanol–water partition coefficient (Wildman–Crippen LogP) is 3.87. The highest BCUT2D eigenvalue weighted by molar-refractivity contribution is 6.30. The Balaban J connectivity index is 2.42. The van der Waals surface area contributed by atoms with Gasteiger partial charge in [-0.15, -0.1) is 0 Å². The van der Waals surface area contributed by atoms with Gasteiger partial charge in [-0.3, -0.25) is 0 Å². The van der Waals surface area contributed by atoms with Crippen LogP contribution in [0.15, 0.2) is 42.5 Å². The molecule has 0 spiro atoms. The lowest BCUT2D eigenvalue weighted by atomic mass is 10.0. The molecule has 17 heavy (non-hydrogen) atoms. The molecule has 0 heterocycles. The molecule has 0 radical (unpaired) electrons. The Labute approximate surface area is 105 Å². The summed E-state index contributed by atoms with van der Waals surface area (Å²) in [6, 6.07) is 12.6. The van der Waals surface area contributed by atoms with Crippen molar-refractivity contribution >= 4 is 11.6 Å². The molecule has 2 rings (SSSR count). The average Bonchev–Trinajstić information content (AvgIpc) is 2.32. The molecule has 0 amide bonds. The molecule has 0 bridgehead atoms. The second-order valence-corrected chi connectivity index (χ2v) is 4.28. The van der Waals surface area contributed by atoms with Crippen LogP contribution in [0.25, 0.3) is 11.1 Å². The molecule has 0 aliphatic rings. The molecule has 0 aliphatic carbocycles. The van der Waals surface area contributed by atoms with Crippen LogP contribution in [0.5, 0.6) is 0 Å². The van der Waals surface area contributed by atoms with Crippen molar-refractivity contribution < 1.29 is 4.39 Å². The number of nitrogens with one attached hydrogen (secondary N) is 1. The van der Waals surface area contributed by atoms with Crippen molar-refractivity contribution in [1.82, 2.24) is 5.32 Å². The van der Waals surface area contributed by atoms with Gasteiger partial charge in [0.2, 0.25) is 0 Å². The third-order valence-electron chi connectivity index (χ3n) is 2.57. The first kappa shape index (κ1) is 12.1. The molecule has 0 saturated heterocycles. The molecule has 0 saturated carbocycles. The molecule has 0 fully saturated rings. The van der Waals surface area contributed by atoms with E-state index in [1.807, 2.05) is 30.3 Å². The molecule has 0 aliphatic heterocycles. The van der Waals surface area contributed by atoms with Gasteiger partial charge in [0, 0.05) is 17.1 Å². The van der Waals surface area contributed by atoms with Gasteiger partial charge >= 0.3 is 0 Å². The lowest BCUT2D eigenvalue weighted by Crippen LogP contribution is -2.07. The zero-order valence-electron chi connectivity index (χ0n) is 9.50. The standard InChI is InChI=1S/C14H13ClFN/c1-17-9-12-7-11(5-6-14(12)16)10-3-2-4-13(15)8-10/h2-8,17H,9H2,1H3. The number of benzene rings is 2. The minimum absolute atomic E-state index is 0.190. The monoisotopic (exact) mass is 249 g/mol. The molecule has 0 unspecified atom stereocenters. The Morgan fingerprint density at radius 2 is 1.88 bits per heavy atom. The normalized spacial score (nSPS) is 10.5. The summed E-state index contributed by atoms with van der Waals surface area (Å²) in [5, 5.41) is 3.63. The van der Waals surface area contributed by atoms with Crippen LogP contribution in [0.2, 0.25) is 5.02 Å². The summed E-state index contributed by atoms with van der Waals surface area (Å²) in [5.41, 5.74) is 2.62. The third kappa shape index (κ3) is 2.84. The molecular formula is C14H13ClFN. The van der Waals surface area contributed by atoms with Crippen molar-refractivity contribution in [2.45, 2.75) is 6.54 Å².